The van der Waals surface area contributed by atoms with Crippen molar-refractivity contribution in [2.75, 3.05) is 18.6 Å². The maximum Gasteiger partial charge on any atom is 0.232 e. The summed E-state index contributed by atoms with van der Waals surface area (Å²) in [6.07, 6.45) is 0.203. The van der Waals surface area contributed by atoms with E-state index in [4.69, 9.17) is 0 Å². The van der Waals surface area contributed by atoms with E-state index in [1.165, 1.54) is 4.90 Å². The Morgan fingerprint density at radius 3 is 2.32 bits per heavy atom. The zero-order valence-electron chi connectivity index (χ0n) is 15.0. The fourth-order valence-electron chi connectivity index (χ4n) is 2.98. The average Bonchev–Trinajstić information content (AvgIpc) is 2.92. The van der Waals surface area contributed by atoms with Gasteiger partial charge in [-0.1, -0.05) is 30.3 Å². The number of carbonyl (C=O) groups is 2. The Kier molecular flexibility index (Phi) is 6.21. The predicted octanol–water partition coefficient (Wildman–Crippen LogP) is 1.46. The molecule has 2 amide bonds. The highest BCUT2D eigenvalue weighted by molar-refractivity contribution is 7.91. The van der Waals surface area contributed by atoms with Crippen molar-refractivity contribution < 1.29 is 18.0 Å². The van der Waals surface area contributed by atoms with Gasteiger partial charge in [-0.3, -0.25) is 9.59 Å². The predicted molar refractivity (Wildman–Crippen MR) is 96.6 cm³/mol. The van der Waals surface area contributed by atoms with Gasteiger partial charge in [0.2, 0.25) is 11.8 Å². The van der Waals surface area contributed by atoms with E-state index in [1.54, 1.807) is 11.9 Å². The highest BCUT2D eigenvalue weighted by Crippen LogP contribution is 2.18. The van der Waals surface area contributed by atoms with Gasteiger partial charge in [-0.05, 0) is 25.8 Å². The second-order valence-corrected chi connectivity index (χ2v) is 9.07. The van der Waals surface area contributed by atoms with Crippen molar-refractivity contribution in [3.05, 3.63) is 35.9 Å². The largest absolute Gasteiger partial charge is 0.341 e. The number of carbonyl (C=O) groups excluding carboxylic acids is 2. The molecule has 25 heavy (non-hydrogen) atoms. The van der Waals surface area contributed by atoms with Crippen LogP contribution in [0.2, 0.25) is 0 Å². The van der Waals surface area contributed by atoms with Gasteiger partial charge in [-0.15, -0.1) is 0 Å². The minimum absolute atomic E-state index is 0.0126. The maximum atomic E-state index is 12.6. The Morgan fingerprint density at radius 2 is 1.80 bits per heavy atom. The van der Waals surface area contributed by atoms with Gasteiger partial charge in [0.15, 0.2) is 9.84 Å². The van der Waals surface area contributed by atoms with Crippen molar-refractivity contribution in [1.82, 2.24) is 9.80 Å². The van der Waals surface area contributed by atoms with Crippen LogP contribution in [0.25, 0.3) is 0 Å². The van der Waals surface area contributed by atoms with Gasteiger partial charge in [0.25, 0.3) is 0 Å². The Balaban J connectivity index is 1.99. The fourth-order valence-corrected chi connectivity index (χ4v) is 4.75. The molecular formula is C18H26N2O4S. The summed E-state index contributed by atoms with van der Waals surface area (Å²) in [6.45, 7) is 4.28. The van der Waals surface area contributed by atoms with Crippen molar-refractivity contribution in [2.24, 2.45) is 0 Å². The number of rotatable bonds is 6. The van der Waals surface area contributed by atoms with Crippen molar-refractivity contribution in [3.8, 4) is 0 Å². The number of sulfone groups is 1. The standard InChI is InChI=1S/C18H26N2O4S/c1-14(2)20(12-15-7-5-4-6-8-15)18(22)11-17(21)19(3)16-9-10-25(23,24)13-16/h4-8,14,16H,9-13H2,1-3H3. The second kappa shape index (κ2) is 7.99. The summed E-state index contributed by atoms with van der Waals surface area (Å²) in [5.74, 6) is -0.473. The van der Waals surface area contributed by atoms with Crippen molar-refractivity contribution >= 4 is 21.7 Å². The first-order valence-corrected chi connectivity index (χ1v) is 10.3. The average molecular weight is 366 g/mol. The first-order valence-electron chi connectivity index (χ1n) is 8.49. The number of hydrogen-bond acceptors (Lipinski definition) is 4. The molecule has 138 valence electrons. The number of amides is 2. The van der Waals surface area contributed by atoms with Crippen LogP contribution in [0.4, 0.5) is 0 Å². The highest BCUT2D eigenvalue weighted by atomic mass is 32.2. The molecule has 0 N–H and O–H groups in total. The van der Waals surface area contributed by atoms with Crippen LogP contribution < -0.4 is 0 Å². The van der Waals surface area contributed by atoms with Gasteiger partial charge < -0.3 is 9.80 Å². The molecule has 1 heterocycles. The van der Waals surface area contributed by atoms with Gasteiger partial charge in [-0.25, -0.2) is 8.42 Å². The Labute approximate surface area is 149 Å². The molecule has 1 atom stereocenters. The van der Waals surface area contributed by atoms with Crippen molar-refractivity contribution in [3.63, 3.8) is 0 Å². The molecule has 7 heteroatoms. The number of hydrogen-bond donors (Lipinski definition) is 0. The Morgan fingerprint density at radius 1 is 1.16 bits per heavy atom. The summed E-state index contributed by atoms with van der Waals surface area (Å²) >= 11 is 0. The first kappa shape index (κ1) is 19.4. The third-order valence-electron chi connectivity index (χ3n) is 4.59. The molecule has 1 aliphatic rings. The maximum absolute atomic E-state index is 12.6. The van der Waals surface area contributed by atoms with Crippen LogP contribution in [0.1, 0.15) is 32.3 Å². The first-order chi connectivity index (χ1) is 11.7. The fraction of sp³-hybridized carbons (Fsp3) is 0.556. The van der Waals surface area contributed by atoms with E-state index in [9.17, 15) is 18.0 Å². The molecule has 1 saturated heterocycles. The molecule has 0 aromatic heterocycles. The van der Waals surface area contributed by atoms with Crippen LogP contribution in [0.5, 0.6) is 0 Å². The molecule has 0 spiro atoms. The van der Waals surface area contributed by atoms with E-state index >= 15 is 0 Å². The quantitative estimate of drug-likeness (QED) is 0.715. The van der Waals surface area contributed by atoms with Crippen LogP contribution in [0, 0.1) is 0 Å². The third-order valence-corrected chi connectivity index (χ3v) is 6.34. The normalized spacial score (nSPS) is 19.0. The molecule has 1 aromatic carbocycles. The lowest BCUT2D eigenvalue weighted by molar-refractivity contribution is -0.142. The lowest BCUT2D eigenvalue weighted by atomic mass is 10.1. The van der Waals surface area contributed by atoms with E-state index in [0.717, 1.165) is 5.56 Å². The number of benzene rings is 1. The van der Waals surface area contributed by atoms with E-state index in [-0.39, 0.29) is 41.8 Å². The van der Waals surface area contributed by atoms with E-state index < -0.39 is 9.84 Å². The summed E-state index contributed by atoms with van der Waals surface area (Å²) in [5, 5.41) is 0. The van der Waals surface area contributed by atoms with Crippen LogP contribution in [-0.2, 0) is 26.0 Å². The third kappa shape index (κ3) is 5.29. The molecule has 1 fully saturated rings. The molecule has 1 aromatic rings. The molecule has 1 aliphatic heterocycles. The van der Waals surface area contributed by atoms with Crippen LogP contribution in [0.3, 0.4) is 0 Å². The molecule has 0 bridgehead atoms. The minimum atomic E-state index is -3.06. The monoisotopic (exact) mass is 366 g/mol. The summed E-state index contributed by atoms with van der Waals surface area (Å²) in [6, 6.07) is 9.28. The zero-order chi connectivity index (χ0) is 18.6. The van der Waals surface area contributed by atoms with Gasteiger partial charge in [0.05, 0.1) is 11.5 Å². The zero-order valence-corrected chi connectivity index (χ0v) is 15.8. The van der Waals surface area contributed by atoms with E-state index in [2.05, 4.69) is 0 Å². The summed E-state index contributed by atoms with van der Waals surface area (Å²) in [5.41, 5.74) is 1.01. The molecule has 0 saturated carbocycles. The lowest BCUT2D eigenvalue weighted by Gasteiger charge is -2.29. The topological polar surface area (TPSA) is 74.8 Å². The van der Waals surface area contributed by atoms with Crippen molar-refractivity contribution in [2.45, 2.75) is 45.3 Å². The van der Waals surface area contributed by atoms with Gasteiger partial charge in [0, 0.05) is 25.7 Å². The van der Waals surface area contributed by atoms with Gasteiger partial charge in [0.1, 0.15) is 6.42 Å². The SMILES string of the molecule is CC(C)N(Cc1ccccc1)C(=O)CC(=O)N(C)C1CCS(=O)(=O)C1. The minimum Gasteiger partial charge on any atom is -0.341 e. The van der Waals surface area contributed by atoms with Gasteiger partial charge >= 0.3 is 0 Å². The van der Waals surface area contributed by atoms with Crippen LogP contribution in [-0.4, -0.2) is 60.7 Å². The Bertz CT molecular complexity index is 716. The van der Waals surface area contributed by atoms with E-state index in [1.807, 2.05) is 44.2 Å². The molecule has 0 radical (unpaired) electrons. The lowest BCUT2D eigenvalue weighted by Crippen LogP contribution is -2.43. The van der Waals surface area contributed by atoms with Crippen molar-refractivity contribution in [1.29, 1.82) is 0 Å². The smallest absolute Gasteiger partial charge is 0.232 e. The molecule has 2 rings (SSSR count). The molecule has 0 aliphatic carbocycles. The summed E-state index contributed by atoms with van der Waals surface area (Å²) in [4.78, 5) is 28.1. The molecule has 6 nitrogen and oxygen atoms in total. The van der Waals surface area contributed by atoms with Crippen LogP contribution in [0.15, 0.2) is 30.3 Å². The van der Waals surface area contributed by atoms with Crippen LogP contribution >= 0.6 is 0 Å². The molecule has 1 unspecified atom stereocenters. The number of nitrogens with zero attached hydrogens (tertiary/aromatic N) is 2. The highest BCUT2D eigenvalue weighted by Gasteiger charge is 2.33. The second-order valence-electron chi connectivity index (χ2n) is 6.84. The van der Waals surface area contributed by atoms with Gasteiger partial charge in [-0.2, -0.15) is 0 Å². The summed E-state index contributed by atoms with van der Waals surface area (Å²) < 4.78 is 23.2. The van der Waals surface area contributed by atoms with E-state index in [0.29, 0.717) is 13.0 Å². The molecular weight excluding hydrogens is 340 g/mol. The Hall–Kier alpha value is -1.89. The summed E-state index contributed by atoms with van der Waals surface area (Å²) in [7, 11) is -1.48.